The Kier molecular flexibility index (Phi) is 3.09. The molecule has 0 spiro atoms. The lowest BCUT2D eigenvalue weighted by Crippen LogP contribution is -1.84. The molecule has 0 heteroatoms. The Bertz CT molecular complexity index is 1780. The average molecular weight is 378 g/mol. The van der Waals surface area contributed by atoms with E-state index in [-0.39, 0.29) is 0 Å². The fraction of sp³-hybridized carbons (Fsp3) is 0. The Morgan fingerprint density at radius 2 is 0.800 bits per heavy atom. The van der Waals surface area contributed by atoms with E-state index in [1.165, 1.54) is 64.6 Å². The number of benzene rings is 7. The van der Waals surface area contributed by atoms with Crippen molar-refractivity contribution in [1.82, 2.24) is 0 Å². The normalized spacial score (nSPS) is 12.0. The van der Waals surface area contributed by atoms with Crippen LogP contribution < -0.4 is 0 Å². The predicted molar refractivity (Wildman–Crippen MR) is 131 cm³/mol. The molecule has 7 aromatic carbocycles. The number of rotatable bonds is 0. The Morgan fingerprint density at radius 3 is 1.63 bits per heavy atom. The van der Waals surface area contributed by atoms with Crippen molar-refractivity contribution in [3.05, 3.63) is 109 Å². The maximum Gasteiger partial charge on any atom is -0.00266 e. The molecule has 30 heavy (non-hydrogen) atoms. The van der Waals surface area contributed by atoms with Gasteiger partial charge in [-0.1, -0.05) is 97.1 Å². The second-order valence-electron chi connectivity index (χ2n) is 8.19. The molecular weight excluding hydrogens is 360 g/mol. The third-order valence-electron chi connectivity index (χ3n) is 6.59. The quantitative estimate of drug-likeness (QED) is 0.183. The van der Waals surface area contributed by atoms with E-state index in [1.54, 1.807) is 0 Å². The van der Waals surface area contributed by atoms with Crippen LogP contribution in [0.1, 0.15) is 0 Å². The van der Waals surface area contributed by atoms with Crippen LogP contribution in [0.3, 0.4) is 0 Å². The molecule has 7 aromatic rings. The Labute approximate surface area is 174 Å². The maximum absolute atomic E-state index is 2.40. The topological polar surface area (TPSA) is 0 Å². The highest BCUT2D eigenvalue weighted by Gasteiger charge is 2.09. The van der Waals surface area contributed by atoms with Crippen LogP contribution in [0.4, 0.5) is 0 Å². The molecular formula is C30H18. The van der Waals surface area contributed by atoms with Crippen molar-refractivity contribution in [3.63, 3.8) is 0 Å². The molecule has 0 radical (unpaired) electrons. The Balaban J connectivity index is 1.70. The maximum atomic E-state index is 2.40. The van der Waals surface area contributed by atoms with E-state index in [4.69, 9.17) is 0 Å². The van der Waals surface area contributed by atoms with E-state index in [1.807, 2.05) is 0 Å². The molecule has 0 bridgehead atoms. The summed E-state index contributed by atoms with van der Waals surface area (Å²) >= 11 is 0. The zero-order valence-electron chi connectivity index (χ0n) is 16.4. The van der Waals surface area contributed by atoms with Gasteiger partial charge in [-0.2, -0.15) is 0 Å². The minimum absolute atomic E-state index is 1.29. The Hall–Kier alpha value is -3.90. The van der Waals surface area contributed by atoms with Crippen LogP contribution in [-0.4, -0.2) is 0 Å². The van der Waals surface area contributed by atoms with Crippen LogP contribution >= 0.6 is 0 Å². The van der Waals surface area contributed by atoms with Crippen molar-refractivity contribution < 1.29 is 0 Å². The van der Waals surface area contributed by atoms with Crippen LogP contribution in [0.5, 0.6) is 0 Å². The van der Waals surface area contributed by atoms with E-state index >= 15 is 0 Å². The molecule has 138 valence electrons. The van der Waals surface area contributed by atoms with Gasteiger partial charge in [0, 0.05) is 0 Å². The van der Waals surface area contributed by atoms with E-state index in [9.17, 15) is 0 Å². The van der Waals surface area contributed by atoms with Crippen LogP contribution in [0.15, 0.2) is 109 Å². The van der Waals surface area contributed by atoms with Gasteiger partial charge in [0.2, 0.25) is 0 Å². The van der Waals surface area contributed by atoms with Crippen molar-refractivity contribution >= 4 is 64.6 Å². The van der Waals surface area contributed by atoms with Gasteiger partial charge in [0.05, 0.1) is 0 Å². The third-order valence-corrected chi connectivity index (χ3v) is 6.59. The first-order chi connectivity index (χ1) is 14.9. The van der Waals surface area contributed by atoms with Gasteiger partial charge in [-0.25, -0.2) is 0 Å². The molecule has 0 nitrogen and oxygen atoms in total. The SMILES string of the molecule is c1ccc2c(c1)ccc1cc3ccc4c(ccc5ccc6ccccc6c54)c3cc12. The molecule has 0 unspecified atom stereocenters. The number of fused-ring (bicyclic) bond motifs is 10. The lowest BCUT2D eigenvalue weighted by molar-refractivity contribution is 1.78. The van der Waals surface area contributed by atoms with Gasteiger partial charge in [0.25, 0.3) is 0 Å². The largest absolute Gasteiger partial charge is 0.0616 e. The van der Waals surface area contributed by atoms with Gasteiger partial charge in [-0.15, -0.1) is 0 Å². The minimum atomic E-state index is 1.29. The second kappa shape index (κ2) is 5.81. The fourth-order valence-electron chi connectivity index (χ4n) is 5.15. The third kappa shape index (κ3) is 2.11. The Morgan fingerprint density at radius 1 is 0.267 bits per heavy atom. The van der Waals surface area contributed by atoms with Crippen LogP contribution in [0, 0.1) is 0 Å². The zero-order chi connectivity index (χ0) is 19.7. The standard InChI is InChI=1S/C30H18/c1-3-7-24-19(5-1)10-12-22-17-23-14-16-27-26(29(23)18-28(22)24)15-13-21-11-9-20-6-2-4-8-25(20)30(21)27/h1-18H. The van der Waals surface area contributed by atoms with Crippen molar-refractivity contribution in [2.75, 3.05) is 0 Å². The van der Waals surface area contributed by atoms with E-state index in [2.05, 4.69) is 109 Å². The average Bonchev–Trinajstić information content (AvgIpc) is 2.82. The van der Waals surface area contributed by atoms with E-state index in [0.29, 0.717) is 0 Å². The van der Waals surface area contributed by atoms with Crippen molar-refractivity contribution in [2.45, 2.75) is 0 Å². The second-order valence-corrected chi connectivity index (χ2v) is 8.19. The van der Waals surface area contributed by atoms with Gasteiger partial charge in [0.15, 0.2) is 0 Å². The molecule has 0 aliphatic carbocycles. The van der Waals surface area contributed by atoms with E-state index < -0.39 is 0 Å². The fourth-order valence-corrected chi connectivity index (χ4v) is 5.15. The lowest BCUT2D eigenvalue weighted by atomic mass is 9.92. The van der Waals surface area contributed by atoms with Crippen molar-refractivity contribution in [2.24, 2.45) is 0 Å². The summed E-state index contributed by atoms with van der Waals surface area (Å²) in [5.41, 5.74) is 0. The highest BCUT2D eigenvalue weighted by atomic mass is 14.1. The molecule has 0 aromatic heterocycles. The van der Waals surface area contributed by atoms with E-state index in [0.717, 1.165) is 0 Å². The summed E-state index contributed by atoms with van der Waals surface area (Å²) in [5, 5.41) is 15.8. The first-order valence-corrected chi connectivity index (χ1v) is 10.5. The molecule has 0 N–H and O–H groups in total. The molecule has 0 saturated heterocycles. The monoisotopic (exact) mass is 378 g/mol. The molecule has 0 heterocycles. The summed E-state index contributed by atoms with van der Waals surface area (Å²) in [6, 6.07) is 40.2. The summed E-state index contributed by atoms with van der Waals surface area (Å²) in [4.78, 5) is 0. The van der Waals surface area contributed by atoms with Crippen LogP contribution in [0.25, 0.3) is 64.6 Å². The highest BCUT2D eigenvalue weighted by molar-refractivity contribution is 6.26. The summed E-state index contributed by atoms with van der Waals surface area (Å²) in [6.07, 6.45) is 0. The summed E-state index contributed by atoms with van der Waals surface area (Å²) in [6.45, 7) is 0. The zero-order valence-corrected chi connectivity index (χ0v) is 16.4. The molecule has 0 amide bonds. The molecule has 7 rings (SSSR count). The predicted octanol–water partition coefficient (Wildman–Crippen LogP) is 8.61. The van der Waals surface area contributed by atoms with Crippen LogP contribution in [-0.2, 0) is 0 Å². The molecule has 0 aliphatic rings. The van der Waals surface area contributed by atoms with Crippen molar-refractivity contribution in [3.8, 4) is 0 Å². The number of hydrogen-bond acceptors (Lipinski definition) is 0. The van der Waals surface area contributed by atoms with Gasteiger partial charge in [0.1, 0.15) is 0 Å². The van der Waals surface area contributed by atoms with Crippen LogP contribution in [0.2, 0.25) is 0 Å². The molecule has 0 aliphatic heterocycles. The summed E-state index contributed by atoms with van der Waals surface area (Å²) in [7, 11) is 0. The van der Waals surface area contributed by atoms with Gasteiger partial charge in [-0.05, 0) is 76.8 Å². The summed E-state index contributed by atoms with van der Waals surface area (Å²) in [5.74, 6) is 0. The molecule has 0 fully saturated rings. The minimum Gasteiger partial charge on any atom is -0.0616 e. The first-order valence-electron chi connectivity index (χ1n) is 10.5. The summed E-state index contributed by atoms with van der Waals surface area (Å²) < 4.78 is 0. The van der Waals surface area contributed by atoms with Crippen molar-refractivity contribution in [1.29, 1.82) is 0 Å². The van der Waals surface area contributed by atoms with Gasteiger partial charge in [-0.3, -0.25) is 0 Å². The number of hydrogen-bond donors (Lipinski definition) is 0. The first kappa shape index (κ1) is 16.0. The smallest absolute Gasteiger partial charge is 0.00266 e. The van der Waals surface area contributed by atoms with Gasteiger partial charge >= 0.3 is 0 Å². The highest BCUT2D eigenvalue weighted by Crippen LogP contribution is 2.37. The lowest BCUT2D eigenvalue weighted by Gasteiger charge is -2.12. The molecule has 0 saturated carbocycles. The molecule has 0 atom stereocenters. The van der Waals surface area contributed by atoms with Gasteiger partial charge < -0.3 is 0 Å².